The van der Waals surface area contributed by atoms with Gasteiger partial charge in [0, 0.05) is 17.0 Å². The smallest absolute Gasteiger partial charge is 0.217 e. The van der Waals surface area contributed by atoms with Crippen LogP contribution in [0.15, 0.2) is 34.8 Å². The van der Waals surface area contributed by atoms with Crippen molar-refractivity contribution in [3.63, 3.8) is 0 Å². The molecule has 124 valence electrons. The molecular weight excluding hydrogens is 328 g/mol. The first-order valence-corrected chi connectivity index (χ1v) is 8.62. The van der Waals surface area contributed by atoms with Crippen LogP contribution in [0.2, 0.25) is 0 Å². The van der Waals surface area contributed by atoms with Gasteiger partial charge in [0.2, 0.25) is 5.95 Å². The van der Waals surface area contributed by atoms with E-state index >= 15 is 0 Å². The van der Waals surface area contributed by atoms with E-state index in [0.29, 0.717) is 5.56 Å². The molecule has 0 bridgehead atoms. The Bertz CT molecular complexity index is 995. The number of rotatable bonds is 1. The average molecular weight is 345 g/mol. The fourth-order valence-corrected chi connectivity index (χ4v) is 4.18. The van der Waals surface area contributed by atoms with Gasteiger partial charge in [-0.2, -0.15) is 9.49 Å². The number of aromatic nitrogens is 2. The van der Waals surface area contributed by atoms with E-state index < -0.39 is 11.8 Å². The molecule has 0 saturated heterocycles. The number of halogens is 2. The summed E-state index contributed by atoms with van der Waals surface area (Å²) in [6, 6.07) is 4.58. The molecule has 6 heteroatoms. The molecule has 0 aliphatic carbocycles. The van der Waals surface area contributed by atoms with E-state index in [2.05, 4.69) is 38.9 Å². The molecule has 24 heavy (non-hydrogen) atoms. The van der Waals surface area contributed by atoms with Crippen molar-refractivity contribution >= 4 is 22.6 Å². The number of fused-ring (bicyclic) bond motifs is 2. The zero-order chi connectivity index (χ0) is 17.3. The Hall–Kier alpha value is -2.08. The normalized spacial score (nSPS) is 18.5. The fourth-order valence-electron chi connectivity index (χ4n) is 3.12. The number of nitrogens with zero attached hydrogens (tertiary/aromatic N) is 3. The van der Waals surface area contributed by atoms with Crippen molar-refractivity contribution in [2.24, 2.45) is 4.99 Å². The van der Waals surface area contributed by atoms with Gasteiger partial charge < -0.3 is 0 Å². The molecule has 1 aliphatic rings. The lowest BCUT2D eigenvalue weighted by Gasteiger charge is -2.43. The molecule has 3 aromatic heterocycles. The van der Waals surface area contributed by atoms with Crippen LogP contribution in [0, 0.1) is 11.8 Å². The van der Waals surface area contributed by atoms with Gasteiger partial charge in [-0.05, 0) is 36.9 Å². The van der Waals surface area contributed by atoms with Crippen LogP contribution < -0.4 is 0 Å². The molecule has 3 aromatic rings. The molecule has 0 amide bonds. The van der Waals surface area contributed by atoms with E-state index in [1.165, 1.54) is 5.56 Å². The predicted octanol–water partition coefficient (Wildman–Crippen LogP) is 4.58. The monoisotopic (exact) mass is 345 g/mol. The molecule has 4 rings (SSSR count). The van der Waals surface area contributed by atoms with Crippen molar-refractivity contribution in [2.45, 2.75) is 38.6 Å². The highest BCUT2D eigenvalue weighted by Crippen LogP contribution is 2.45. The molecule has 0 radical (unpaired) electrons. The van der Waals surface area contributed by atoms with Crippen LogP contribution in [0.3, 0.4) is 0 Å². The van der Waals surface area contributed by atoms with Crippen LogP contribution in [0.1, 0.15) is 43.7 Å². The highest BCUT2D eigenvalue weighted by Gasteiger charge is 2.44. The second kappa shape index (κ2) is 4.72. The van der Waals surface area contributed by atoms with E-state index in [-0.39, 0.29) is 16.5 Å². The minimum absolute atomic E-state index is 0.115. The lowest BCUT2D eigenvalue weighted by atomic mass is 9.68. The summed E-state index contributed by atoms with van der Waals surface area (Å²) in [6.45, 7) is 8.55. The molecule has 0 saturated carbocycles. The molecule has 4 heterocycles. The van der Waals surface area contributed by atoms with Crippen LogP contribution in [0.4, 0.5) is 8.78 Å². The maximum Gasteiger partial charge on any atom is 0.217 e. The first kappa shape index (κ1) is 15.4. The zero-order valence-corrected chi connectivity index (χ0v) is 14.7. The summed E-state index contributed by atoms with van der Waals surface area (Å²) in [4.78, 5) is 6.02. The second-order valence-electron chi connectivity index (χ2n) is 7.16. The highest BCUT2D eigenvalue weighted by atomic mass is 32.1. The van der Waals surface area contributed by atoms with Gasteiger partial charge in [0.15, 0.2) is 5.82 Å². The SMILES string of the molecule is CC1(C)N=C(c2cnn3c(F)cc(F)c3c2)c2sccc2C1(C)C. The molecular formula is C18H17F2N3S. The van der Waals surface area contributed by atoms with Gasteiger partial charge in [-0.3, -0.25) is 4.99 Å². The van der Waals surface area contributed by atoms with Gasteiger partial charge >= 0.3 is 0 Å². The van der Waals surface area contributed by atoms with Crippen LogP contribution in [-0.4, -0.2) is 20.9 Å². The molecule has 3 nitrogen and oxygen atoms in total. The van der Waals surface area contributed by atoms with Gasteiger partial charge in [-0.25, -0.2) is 8.91 Å². The second-order valence-corrected chi connectivity index (χ2v) is 8.08. The third kappa shape index (κ3) is 1.92. The quantitative estimate of drug-likeness (QED) is 0.635. The summed E-state index contributed by atoms with van der Waals surface area (Å²) in [5.41, 5.74) is 2.40. The molecule has 0 fully saturated rings. The predicted molar refractivity (Wildman–Crippen MR) is 92.2 cm³/mol. The average Bonchev–Trinajstić information content (AvgIpc) is 3.10. The lowest BCUT2D eigenvalue weighted by Crippen LogP contribution is -2.45. The lowest BCUT2D eigenvalue weighted by molar-refractivity contribution is 0.305. The third-order valence-electron chi connectivity index (χ3n) is 5.27. The summed E-state index contributed by atoms with van der Waals surface area (Å²) < 4.78 is 28.5. The first-order chi connectivity index (χ1) is 11.2. The van der Waals surface area contributed by atoms with Crippen LogP contribution in [-0.2, 0) is 5.41 Å². The maximum absolute atomic E-state index is 13.9. The van der Waals surface area contributed by atoms with E-state index in [1.807, 2.05) is 5.38 Å². The largest absolute Gasteiger partial charge is 0.276 e. The number of hydrogen-bond donors (Lipinski definition) is 0. The zero-order valence-electron chi connectivity index (χ0n) is 13.9. The van der Waals surface area contributed by atoms with Crippen molar-refractivity contribution in [3.8, 4) is 0 Å². The topological polar surface area (TPSA) is 29.7 Å². The first-order valence-electron chi connectivity index (χ1n) is 7.74. The molecule has 1 aliphatic heterocycles. The maximum atomic E-state index is 13.9. The van der Waals surface area contributed by atoms with E-state index in [9.17, 15) is 8.78 Å². The summed E-state index contributed by atoms with van der Waals surface area (Å²) in [7, 11) is 0. The molecule has 0 aromatic carbocycles. The Balaban J connectivity index is 1.97. The number of aliphatic imine (C=N–C) groups is 1. The van der Waals surface area contributed by atoms with Gasteiger partial charge in [0.25, 0.3) is 0 Å². The Morgan fingerprint density at radius 2 is 1.88 bits per heavy atom. The van der Waals surface area contributed by atoms with Crippen molar-refractivity contribution in [3.05, 3.63) is 57.5 Å². The van der Waals surface area contributed by atoms with E-state index in [4.69, 9.17) is 4.99 Å². The van der Waals surface area contributed by atoms with Gasteiger partial charge in [-0.15, -0.1) is 11.3 Å². The minimum Gasteiger partial charge on any atom is -0.276 e. The number of thiophene rings is 1. The van der Waals surface area contributed by atoms with Gasteiger partial charge in [0.05, 0.1) is 22.3 Å². The third-order valence-corrected chi connectivity index (χ3v) is 6.19. The van der Waals surface area contributed by atoms with Crippen LogP contribution >= 0.6 is 11.3 Å². The Labute approximate surface area is 142 Å². The summed E-state index contributed by atoms with van der Waals surface area (Å²) >= 11 is 1.61. The summed E-state index contributed by atoms with van der Waals surface area (Å²) in [5.74, 6) is -1.33. The fraction of sp³-hybridized carbons (Fsp3) is 0.333. The molecule has 0 spiro atoms. The van der Waals surface area contributed by atoms with Gasteiger partial charge in [-0.1, -0.05) is 13.8 Å². The van der Waals surface area contributed by atoms with Crippen molar-refractivity contribution in [1.82, 2.24) is 9.61 Å². The van der Waals surface area contributed by atoms with Crippen LogP contribution in [0.25, 0.3) is 5.52 Å². The van der Waals surface area contributed by atoms with Gasteiger partial charge in [0.1, 0.15) is 5.52 Å². The number of hydrogen-bond acceptors (Lipinski definition) is 3. The van der Waals surface area contributed by atoms with Crippen LogP contribution in [0.5, 0.6) is 0 Å². The standard InChI is InChI=1S/C18H17F2N3S/c1-17(2)11-5-6-24-16(11)15(22-18(17,3)4)10-7-13-12(19)8-14(20)23(13)21-9-10/h5-9H,1-4H3. The van der Waals surface area contributed by atoms with Crippen molar-refractivity contribution in [2.75, 3.05) is 0 Å². The van der Waals surface area contributed by atoms with E-state index in [1.54, 1.807) is 23.6 Å². The van der Waals surface area contributed by atoms with Crippen molar-refractivity contribution < 1.29 is 8.78 Å². The van der Waals surface area contributed by atoms with E-state index in [0.717, 1.165) is 21.2 Å². The molecule has 0 atom stereocenters. The van der Waals surface area contributed by atoms with Crippen molar-refractivity contribution in [1.29, 1.82) is 0 Å². The summed E-state index contributed by atoms with van der Waals surface area (Å²) in [5, 5.41) is 6.09. The highest BCUT2D eigenvalue weighted by molar-refractivity contribution is 7.12. The Morgan fingerprint density at radius 1 is 1.12 bits per heavy atom. The Morgan fingerprint density at radius 3 is 2.62 bits per heavy atom. The summed E-state index contributed by atoms with van der Waals surface area (Å²) in [6.07, 6.45) is 1.55. The Kier molecular flexibility index (Phi) is 3.04. The minimum atomic E-state index is -0.710. The molecule has 0 N–H and O–H groups in total. The molecule has 0 unspecified atom stereocenters.